The van der Waals surface area contributed by atoms with Crippen LogP contribution in [0.25, 0.3) is 11.1 Å². The number of hydrogen-bond donors (Lipinski definition) is 1. The van der Waals surface area contributed by atoms with Crippen LogP contribution in [0.2, 0.25) is 0 Å². The Morgan fingerprint density at radius 3 is 2.23 bits per heavy atom. The van der Waals surface area contributed by atoms with Crippen molar-refractivity contribution in [2.45, 2.75) is 17.6 Å². The number of rotatable bonds is 8. The van der Waals surface area contributed by atoms with Crippen LogP contribution < -0.4 is 4.74 Å². The molecule has 1 N–H and O–H groups in total. The van der Waals surface area contributed by atoms with Crippen molar-refractivity contribution in [2.75, 3.05) is 13.7 Å². The summed E-state index contributed by atoms with van der Waals surface area (Å²) in [4.78, 5) is 10.7. The molecule has 0 amide bonds. The number of nitrogens with zero attached hydrogens (tertiary/aromatic N) is 1. The number of alkyl halides is 3. The fraction of sp³-hybridized carbons (Fsp3) is 0.174. The number of sulfonamides is 1. The van der Waals surface area contributed by atoms with Gasteiger partial charge in [-0.25, -0.2) is 22.0 Å². The highest BCUT2D eigenvalue weighted by Gasteiger charge is 2.32. The molecule has 0 aromatic heterocycles. The highest BCUT2D eigenvalue weighted by molar-refractivity contribution is 7.89. The quantitative estimate of drug-likeness (QED) is 0.430. The molecule has 0 aliphatic carbocycles. The van der Waals surface area contributed by atoms with Crippen molar-refractivity contribution in [2.24, 2.45) is 0 Å². The first-order valence-electron chi connectivity index (χ1n) is 9.85. The highest BCUT2D eigenvalue weighted by atomic mass is 32.2. The molecule has 0 spiro atoms. The Morgan fingerprint density at radius 1 is 0.971 bits per heavy atom. The Labute approximate surface area is 197 Å². The summed E-state index contributed by atoms with van der Waals surface area (Å²) in [7, 11) is -2.80. The lowest BCUT2D eigenvalue weighted by Gasteiger charge is -2.19. The van der Waals surface area contributed by atoms with Crippen molar-refractivity contribution in [3.8, 4) is 16.9 Å². The molecule has 0 aliphatic rings. The van der Waals surface area contributed by atoms with E-state index in [-0.39, 0.29) is 33.9 Å². The maximum atomic E-state index is 14.0. The molecule has 0 unspecified atom stereocenters. The third kappa shape index (κ3) is 6.34. The van der Waals surface area contributed by atoms with Gasteiger partial charge in [-0.15, -0.1) is 0 Å². The van der Waals surface area contributed by atoms with Crippen LogP contribution in [0.4, 0.5) is 22.0 Å². The van der Waals surface area contributed by atoms with Gasteiger partial charge < -0.3 is 9.84 Å². The third-order valence-corrected chi connectivity index (χ3v) is 6.68. The highest BCUT2D eigenvalue weighted by Crippen LogP contribution is 2.37. The van der Waals surface area contributed by atoms with E-state index in [0.29, 0.717) is 12.1 Å². The Balaban J connectivity index is 2.02. The van der Waals surface area contributed by atoms with Gasteiger partial charge in [0.15, 0.2) is 6.61 Å². The zero-order valence-corrected chi connectivity index (χ0v) is 18.8. The van der Waals surface area contributed by atoms with Gasteiger partial charge in [-0.1, -0.05) is 6.07 Å². The Bertz CT molecular complexity index is 1340. The van der Waals surface area contributed by atoms with Crippen molar-refractivity contribution in [3.63, 3.8) is 0 Å². The Kier molecular flexibility index (Phi) is 7.46. The molecule has 6 nitrogen and oxygen atoms in total. The van der Waals surface area contributed by atoms with Crippen LogP contribution in [-0.2, 0) is 27.5 Å². The normalized spacial score (nSPS) is 12.1. The average Bonchev–Trinajstić information content (AvgIpc) is 2.77. The van der Waals surface area contributed by atoms with Gasteiger partial charge in [-0.2, -0.15) is 17.5 Å². The van der Waals surface area contributed by atoms with Gasteiger partial charge in [0.2, 0.25) is 10.0 Å². The van der Waals surface area contributed by atoms with Gasteiger partial charge in [-0.3, -0.25) is 0 Å². The number of carbonyl (C=O) groups is 1. The summed E-state index contributed by atoms with van der Waals surface area (Å²) in [5.41, 5.74) is -1.29. The average molecular weight is 515 g/mol. The van der Waals surface area contributed by atoms with Crippen LogP contribution in [0.1, 0.15) is 11.1 Å². The van der Waals surface area contributed by atoms with Crippen molar-refractivity contribution < 1.29 is 45.0 Å². The van der Waals surface area contributed by atoms with Crippen LogP contribution in [0.15, 0.2) is 65.6 Å². The lowest BCUT2D eigenvalue weighted by Crippen LogP contribution is -2.26. The topological polar surface area (TPSA) is 83.9 Å². The maximum absolute atomic E-state index is 14.0. The summed E-state index contributed by atoms with van der Waals surface area (Å²) >= 11 is 0. The predicted molar refractivity (Wildman–Crippen MR) is 115 cm³/mol. The van der Waals surface area contributed by atoms with E-state index in [1.54, 1.807) is 0 Å². The van der Waals surface area contributed by atoms with Gasteiger partial charge in [0, 0.05) is 19.2 Å². The minimum atomic E-state index is -4.85. The summed E-state index contributed by atoms with van der Waals surface area (Å²) in [6, 6.07) is 9.87. The van der Waals surface area contributed by atoms with Gasteiger partial charge in [0.1, 0.15) is 17.4 Å². The number of ether oxygens (including phenoxy) is 1. The number of benzene rings is 3. The zero-order chi connectivity index (χ0) is 26.0. The fourth-order valence-corrected chi connectivity index (χ4v) is 4.36. The van der Waals surface area contributed by atoms with E-state index in [9.17, 15) is 35.2 Å². The number of hydrogen-bond acceptors (Lipinski definition) is 4. The molecule has 0 saturated carbocycles. The molecule has 3 aromatic carbocycles. The molecule has 186 valence electrons. The molecule has 35 heavy (non-hydrogen) atoms. The number of carboxylic acid groups (broad SMARTS) is 1. The molecule has 0 saturated heterocycles. The van der Waals surface area contributed by atoms with E-state index >= 15 is 0 Å². The van der Waals surface area contributed by atoms with Crippen molar-refractivity contribution in [1.29, 1.82) is 0 Å². The molecule has 0 atom stereocenters. The minimum Gasteiger partial charge on any atom is -0.481 e. The van der Waals surface area contributed by atoms with Gasteiger partial charge in [0.05, 0.1) is 10.5 Å². The molecule has 0 heterocycles. The predicted octanol–water partition coefficient (Wildman–Crippen LogP) is 4.93. The lowest BCUT2D eigenvalue weighted by atomic mass is 9.99. The lowest BCUT2D eigenvalue weighted by molar-refractivity contribution is -0.139. The molecule has 0 aliphatic heterocycles. The van der Waals surface area contributed by atoms with E-state index in [1.807, 2.05) is 0 Å². The van der Waals surface area contributed by atoms with Crippen LogP contribution in [0, 0.1) is 11.6 Å². The smallest absolute Gasteiger partial charge is 0.416 e. The number of carboxylic acids is 1. The first kappa shape index (κ1) is 26.1. The minimum absolute atomic E-state index is 0.0682. The molecule has 0 bridgehead atoms. The molecule has 12 heteroatoms. The molecule has 0 fully saturated rings. The van der Waals surface area contributed by atoms with Crippen LogP contribution in [-0.4, -0.2) is 37.5 Å². The molecule has 0 radical (unpaired) electrons. The first-order valence-corrected chi connectivity index (χ1v) is 11.3. The second kappa shape index (κ2) is 10.0. The summed E-state index contributed by atoms with van der Waals surface area (Å²) < 4.78 is 98.5. The Hall–Kier alpha value is -3.51. The molecular formula is C23H18F5NO5S. The molecule has 3 rings (SSSR count). The number of halogens is 5. The first-order chi connectivity index (χ1) is 16.3. The second-order valence-electron chi connectivity index (χ2n) is 7.45. The fourth-order valence-electron chi connectivity index (χ4n) is 3.20. The van der Waals surface area contributed by atoms with Crippen LogP contribution in [0.5, 0.6) is 5.75 Å². The largest absolute Gasteiger partial charge is 0.481 e. The molecular weight excluding hydrogens is 497 g/mol. The zero-order valence-electron chi connectivity index (χ0n) is 18.0. The van der Waals surface area contributed by atoms with E-state index in [2.05, 4.69) is 0 Å². The van der Waals surface area contributed by atoms with E-state index in [4.69, 9.17) is 9.84 Å². The summed E-state index contributed by atoms with van der Waals surface area (Å²) in [6.07, 6.45) is -4.85. The Morgan fingerprint density at radius 2 is 1.63 bits per heavy atom. The van der Waals surface area contributed by atoms with Crippen molar-refractivity contribution in [1.82, 2.24) is 4.31 Å². The van der Waals surface area contributed by atoms with E-state index in [0.717, 1.165) is 34.6 Å². The van der Waals surface area contributed by atoms with Gasteiger partial charge >= 0.3 is 12.1 Å². The maximum Gasteiger partial charge on any atom is 0.416 e. The summed E-state index contributed by atoms with van der Waals surface area (Å²) in [5.74, 6) is -3.29. The second-order valence-corrected chi connectivity index (χ2v) is 9.50. The third-order valence-electron chi connectivity index (χ3n) is 4.86. The monoisotopic (exact) mass is 515 g/mol. The van der Waals surface area contributed by atoms with Crippen molar-refractivity contribution in [3.05, 3.63) is 83.4 Å². The summed E-state index contributed by atoms with van der Waals surface area (Å²) in [6.45, 7) is -1.07. The SMILES string of the molecule is CN(Cc1ccc(OCC(=O)O)c(-c2cc(F)cc(C(F)(F)F)c2)c1)S(=O)(=O)c1ccc(F)cc1. The summed E-state index contributed by atoms with van der Waals surface area (Å²) in [5, 5.41) is 8.89. The van der Waals surface area contributed by atoms with E-state index in [1.165, 1.54) is 25.2 Å². The number of aliphatic carboxylic acids is 1. The van der Waals surface area contributed by atoms with Crippen molar-refractivity contribution >= 4 is 16.0 Å². The standard InChI is InChI=1S/C23H18F5NO5S/c1-29(35(32,33)19-5-3-17(24)4-6-19)12-14-2-7-21(34-13-22(30)31)20(8-14)15-9-16(23(26,27)28)11-18(25)10-15/h2-11H,12-13H2,1H3,(H,30,31). The van der Waals surface area contributed by atoms with E-state index < -0.39 is 46.0 Å². The van der Waals surface area contributed by atoms with Crippen LogP contribution in [0.3, 0.4) is 0 Å². The van der Waals surface area contributed by atoms with Gasteiger partial charge in [-0.05, 0) is 65.7 Å². The van der Waals surface area contributed by atoms with Crippen LogP contribution >= 0.6 is 0 Å². The molecule has 3 aromatic rings. The van der Waals surface area contributed by atoms with Gasteiger partial charge in [0.25, 0.3) is 0 Å².